The first-order valence-electron chi connectivity index (χ1n) is 8.14. The molecule has 5 heteroatoms. The highest BCUT2D eigenvalue weighted by Gasteiger charge is 2.61. The zero-order valence-corrected chi connectivity index (χ0v) is 13.4. The van der Waals surface area contributed by atoms with Gasteiger partial charge in [0.15, 0.2) is 0 Å². The van der Waals surface area contributed by atoms with E-state index in [1.807, 2.05) is 30.3 Å². The van der Waals surface area contributed by atoms with Crippen LogP contribution in [0.3, 0.4) is 0 Å². The smallest absolute Gasteiger partial charge is 0.260 e. The summed E-state index contributed by atoms with van der Waals surface area (Å²) in [7, 11) is 0. The van der Waals surface area contributed by atoms with Crippen molar-refractivity contribution in [3.63, 3.8) is 0 Å². The molecule has 2 aliphatic rings. The summed E-state index contributed by atoms with van der Waals surface area (Å²) < 4.78 is 26.1. The van der Waals surface area contributed by atoms with Crippen LogP contribution in [0.15, 0.2) is 42.6 Å². The van der Waals surface area contributed by atoms with E-state index in [0.29, 0.717) is 5.69 Å². The molecule has 0 saturated heterocycles. The first-order chi connectivity index (χ1) is 11.4. The van der Waals surface area contributed by atoms with Gasteiger partial charge in [-0.05, 0) is 48.1 Å². The Hall–Kier alpha value is -2.30. The second kappa shape index (κ2) is 5.10. The second-order valence-electron chi connectivity index (χ2n) is 7.04. The molecular formula is C19H18F2N2O. The summed E-state index contributed by atoms with van der Waals surface area (Å²) in [5.74, 6) is -4.66. The summed E-state index contributed by atoms with van der Waals surface area (Å²) in [6, 6.07) is 11.3. The number of hydrogen-bond donors (Lipinski definition) is 1. The number of carbonyl (C=O) groups is 1. The maximum Gasteiger partial charge on any atom is 0.260 e. The number of pyridine rings is 1. The molecule has 4 rings (SSSR count). The minimum atomic E-state index is -2.85. The summed E-state index contributed by atoms with van der Waals surface area (Å²) >= 11 is 0. The molecule has 1 atom stereocenters. The van der Waals surface area contributed by atoms with Gasteiger partial charge in [-0.15, -0.1) is 0 Å². The highest BCUT2D eigenvalue weighted by Crippen LogP contribution is 2.51. The third kappa shape index (κ3) is 2.68. The highest BCUT2D eigenvalue weighted by molar-refractivity contribution is 5.96. The van der Waals surface area contributed by atoms with Crippen molar-refractivity contribution in [2.24, 2.45) is 5.92 Å². The summed E-state index contributed by atoms with van der Waals surface area (Å²) in [5.41, 5.74) is 3.65. The van der Waals surface area contributed by atoms with E-state index in [9.17, 15) is 13.6 Å². The van der Waals surface area contributed by atoms with E-state index in [2.05, 4.69) is 17.2 Å². The number of halogens is 2. The Balaban J connectivity index is 1.67. The molecule has 2 fully saturated rings. The van der Waals surface area contributed by atoms with Gasteiger partial charge in [-0.2, -0.15) is 0 Å². The van der Waals surface area contributed by atoms with Gasteiger partial charge in [0.05, 0.1) is 5.69 Å². The van der Waals surface area contributed by atoms with Gasteiger partial charge in [0.25, 0.3) is 5.92 Å². The minimum Gasteiger partial charge on any atom is -0.326 e. The van der Waals surface area contributed by atoms with Gasteiger partial charge in [0, 0.05) is 23.9 Å². The van der Waals surface area contributed by atoms with Crippen molar-refractivity contribution >= 4 is 11.6 Å². The van der Waals surface area contributed by atoms with E-state index in [1.165, 1.54) is 5.56 Å². The number of nitrogens with zero attached hydrogens (tertiary/aromatic N) is 1. The molecule has 0 aliphatic heterocycles. The fourth-order valence-corrected chi connectivity index (χ4v) is 3.07. The first kappa shape index (κ1) is 15.2. The molecule has 1 N–H and O–H groups in total. The lowest BCUT2D eigenvalue weighted by Gasteiger charge is -2.17. The number of rotatable bonds is 4. The van der Waals surface area contributed by atoms with Gasteiger partial charge >= 0.3 is 0 Å². The van der Waals surface area contributed by atoms with Crippen molar-refractivity contribution in [1.82, 2.24) is 4.98 Å². The molecule has 24 heavy (non-hydrogen) atoms. The fraction of sp³-hybridized carbons (Fsp3) is 0.368. The molecule has 0 unspecified atom stereocenters. The molecule has 1 aromatic heterocycles. The summed E-state index contributed by atoms with van der Waals surface area (Å²) in [4.78, 5) is 16.3. The topological polar surface area (TPSA) is 42.0 Å². The number of alkyl halides is 2. The molecule has 2 aliphatic carbocycles. The van der Waals surface area contributed by atoms with Crippen LogP contribution in [0.1, 0.15) is 31.7 Å². The third-order valence-electron chi connectivity index (χ3n) is 5.02. The van der Waals surface area contributed by atoms with E-state index < -0.39 is 17.7 Å². The number of benzene rings is 1. The molecule has 0 radical (unpaired) electrons. The van der Waals surface area contributed by atoms with Crippen molar-refractivity contribution in [3.05, 3.63) is 48.2 Å². The number of nitrogens with one attached hydrogen (secondary N) is 1. The number of carbonyl (C=O) groups excluding carboxylic acids is 1. The fourth-order valence-electron chi connectivity index (χ4n) is 3.07. The molecule has 0 spiro atoms. The minimum absolute atomic E-state index is 0.138. The summed E-state index contributed by atoms with van der Waals surface area (Å²) in [6.45, 7) is 2.21. The van der Waals surface area contributed by atoms with Gasteiger partial charge in [-0.3, -0.25) is 9.78 Å². The van der Waals surface area contributed by atoms with Crippen molar-refractivity contribution < 1.29 is 13.6 Å². The average molecular weight is 328 g/mol. The first-order valence-corrected chi connectivity index (χ1v) is 8.14. The van der Waals surface area contributed by atoms with E-state index in [-0.39, 0.29) is 11.8 Å². The molecule has 3 nitrogen and oxygen atoms in total. The lowest BCUT2D eigenvalue weighted by Crippen LogP contribution is -2.17. The predicted molar refractivity (Wildman–Crippen MR) is 87.9 cm³/mol. The Kier molecular flexibility index (Phi) is 3.24. The van der Waals surface area contributed by atoms with E-state index in [4.69, 9.17) is 0 Å². The van der Waals surface area contributed by atoms with Crippen molar-refractivity contribution in [3.8, 4) is 11.3 Å². The Morgan fingerprint density at radius 1 is 1.25 bits per heavy atom. The van der Waals surface area contributed by atoms with Crippen LogP contribution in [-0.4, -0.2) is 16.8 Å². The standard InChI is InChI=1S/C19H18F2N2O/c1-18(7-8-18)14-6-5-12(23-17(24)15-11-19(15,20)21)10-13(14)16-4-2-3-9-22-16/h2-6,9-10,15H,7-8,11H2,1H3,(H,23,24)/t15-/m0/s1. The monoisotopic (exact) mass is 328 g/mol. The van der Waals surface area contributed by atoms with Crippen LogP contribution in [0, 0.1) is 5.92 Å². The number of anilines is 1. The van der Waals surface area contributed by atoms with Crippen LogP contribution >= 0.6 is 0 Å². The van der Waals surface area contributed by atoms with Crippen LogP contribution < -0.4 is 5.32 Å². The molecule has 1 amide bonds. The molecule has 2 saturated carbocycles. The normalized spacial score (nSPS) is 22.7. The SMILES string of the molecule is CC1(c2ccc(NC(=O)[C@@H]3CC3(F)F)cc2-c2ccccn2)CC1. The van der Waals surface area contributed by atoms with Gasteiger partial charge in [-0.1, -0.05) is 19.1 Å². The van der Waals surface area contributed by atoms with Gasteiger partial charge in [0.2, 0.25) is 5.91 Å². The van der Waals surface area contributed by atoms with Crippen LogP contribution in [0.25, 0.3) is 11.3 Å². The van der Waals surface area contributed by atoms with Crippen LogP contribution in [0.2, 0.25) is 0 Å². The van der Waals surface area contributed by atoms with Crippen molar-refractivity contribution in [2.45, 2.75) is 37.5 Å². The van der Waals surface area contributed by atoms with E-state index in [1.54, 1.807) is 12.3 Å². The molecule has 1 heterocycles. The van der Waals surface area contributed by atoms with Crippen molar-refractivity contribution in [1.29, 1.82) is 0 Å². The maximum atomic E-state index is 13.1. The largest absolute Gasteiger partial charge is 0.326 e. The molecule has 124 valence electrons. The van der Waals surface area contributed by atoms with E-state index >= 15 is 0 Å². The number of hydrogen-bond acceptors (Lipinski definition) is 2. The predicted octanol–water partition coefficient (Wildman–Crippen LogP) is 4.39. The second-order valence-corrected chi connectivity index (χ2v) is 7.04. The van der Waals surface area contributed by atoms with Crippen LogP contribution in [0.5, 0.6) is 0 Å². The summed E-state index contributed by atoms with van der Waals surface area (Å²) in [5, 5.41) is 2.62. The maximum absolute atomic E-state index is 13.1. The number of aromatic nitrogens is 1. The zero-order valence-electron chi connectivity index (χ0n) is 13.4. The molecular weight excluding hydrogens is 310 g/mol. The quantitative estimate of drug-likeness (QED) is 0.904. The molecule has 2 aromatic rings. The lowest BCUT2D eigenvalue weighted by molar-refractivity contribution is -0.119. The van der Waals surface area contributed by atoms with Crippen LogP contribution in [-0.2, 0) is 10.2 Å². The Morgan fingerprint density at radius 3 is 2.58 bits per heavy atom. The average Bonchev–Trinajstić information content (AvgIpc) is 3.46. The summed E-state index contributed by atoms with van der Waals surface area (Å²) in [6.07, 6.45) is 3.60. The third-order valence-corrected chi connectivity index (χ3v) is 5.02. The molecule has 1 aromatic carbocycles. The Labute approximate surface area is 139 Å². The highest BCUT2D eigenvalue weighted by atomic mass is 19.3. The zero-order chi connectivity index (χ0) is 16.9. The number of amides is 1. The van der Waals surface area contributed by atoms with Crippen molar-refractivity contribution in [2.75, 3.05) is 5.32 Å². The Morgan fingerprint density at radius 2 is 2.00 bits per heavy atom. The lowest BCUT2D eigenvalue weighted by atomic mass is 9.91. The van der Waals surface area contributed by atoms with Gasteiger partial charge < -0.3 is 5.32 Å². The van der Waals surface area contributed by atoms with Gasteiger partial charge in [0.1, 0.15) is 5.92 Å². The van der Waals surface area contributed by atoms with Crippen LogP contribution in [0.4, 0.5) is 14.5 Å². The Bertz CT molecular complexity index is 800. The van der Waals surface area contributed by atoms with E-state index in [0.717, 1.165) is 24.1 Å². The van der Waals surface area contributed by atoms with Gasteiger partial charge in [-0.25, -0.2) is 8.78 Å². The molecule has 0 bridgehead atoms.